The van der Waals surface area contributed by atoms with Crippen molar-refractivity contribution < 1.29 is 23.4 Å². The van der Waals surface area contributed by atoms with Crippen LogP contribution in [-0.4, -0.2) is 33.5 Å². The molecule has 0 fully saturated rings. The minimum absolute atomic E-state index is 0.0890. The number of carbonyl (C=O) groups excluding carboxylic acids is 1. The normalized spacial score (nSPS) is 10.5. The molecule has 0 aromatic heterocycles. The summed E-state index contributed by atoms with van der Waals surface area (Å²) in [5, 5.41) is 3.83. The Bertz CT molecular complexity index is 762. The third-order valence-electron chi connectivity index (χ3n) is 3.22. The van der Waals surface area contributed by atoms with Gasteiger partial charge in [0.2, 0.25) is 5.75 Å². The Morgan fingerprint density at radius 3 is 2.38 bits per heavy atom. The van der Waals surface area contributed by atoms with Crippen LogP contribution in [0.2, 0.25) is 0 Å². The van der Waals surface area contributed by atoms with Crippen LogP contribution in [0.4, 0.5) is 4.39 Å². The summed E-state index contributed by atoms with van der Waals surface area (Å²) in [6.45, 7) is 0. The monoisotopic (exact) mass is 332 g/mol. The second kappa shape index (κ2) is 7.96. The molecule has 7 heteroatoms. The van der Waals surface area contributed by atoms with Crippen LogP contribution >= 0.6 is 0 Å². The molecular weight excluding hydrogens is 315 g/mol. The van der Waals surface area contributed by atoms with Gasteiger partial charge in [-0.05, 0) is 24.3 Å². The fourth-order valence-corrected chi connectivity index (χ4v) is 2.09. The molecule has 0 spiro atoms. The summed E-state index contributed by atoms with van der Waals surface area (Å²) < 4.78 is 29.3. The van der Waals surface area contributed by atoms with Gasteiger partial charge >= 0.3 is 0 Å². The number of carbonyl (C=O) groups is 1. The lowest BCUT2D eigenvalue weighted by Crippen LogP contribution is -2.19. The number of hydrogen-bond donors (Lipinski definition) is 1. The van der Waals surface area contributed by atoms with E-state index in [2.05, 4.69) is 10.5 Å². The van der Waals surface area contributed by atoms with E-state index in [4.69, 9.17) is 14.2 Å². The molecule has 126 valence electrons. The molecule has 24 heavy (non-hydrogen) atoms. The fraction of sp³-hybridized carbons (Fsp3) is 0.176. The van der Waals surface area contributed by atoms with Crippen molar-refractivity contribution in [1.29, 1.82) is 0 Å². The highest BCUT2D eigenvalue weighted by Gasteiger charge is 2.15. The Hall–Kier alpha value is -3.09. The number of benzene rings is 2. The molecular formula is C17H17FN2O4. The van der Waals surface area contributed by atoms with Crippen molar-refractivity contribution in [2.75, 3.05) is 21.3 Å². The van der Waals surface area contributed by atoms with Crippen LogP contribution in [0.25, 0.3) is 0 Å². The van der Waals surface area contributed by atoms with Gasteiger partial charge in [0.25, 0.3) is 5.91 Å². The number of methoxy groups -OCH3 is 3. The molecule has 0 radical (unpaired) electrons. The Balaban J connectivity index is 2.20. The first-order valence-corrected chi connectivity index (χ1v) is 6.99. The van der Waals surface area contributed by atoms with Crippen molar-refractivity contribution in [2.45, 2.75) is 0 Å². The zero-order valence-corrected chi connectivity index (χ0v) is 13.5. The van der Waals surface area contributed by atoms with E-state index in [-0.39, 0.29) is 5.56 Å². The molecule has 2 aromatic rings. The number of hydrogen-bond acceptors (Lipinski definition) is 5. The predicted octanol–water partition coefficient (Wildman–Crippen LogP) is 2.62. The van der Waals surface area contributed by atoms with E-state index in [1.165, 1.54) is 45.7 Å². The van der Waals surface area contributed by atoms with Crippen LogP contribution in [0.15, 0.2) is 41.5 Å². The van der Waals surface area contributed by atoms with Crippen LogP contribution in [0.3, 0.4) is 0 Å². The molecule has 2 aromatic carbocycles. The van der Waals surface area contributed by atoms with E-state index < -0.39 is 11.7 Å². The maximum absolute atomic E-state index is 13.5. The van der Waals surface area contributed by atoms with E-state index >= 15 is 0 Å². The number of nitrogens with zero attached hydrogens (tertiary/aromatic N) is 1. The van der Waals surface area contributed by atoms with Crippen LogP contribution in [0.1, 0.15) is 15.9 Å². The van der Waals surface area contributed by atoms with Gasteiger partial charge in [-0.2, -0.15) is 5.10 Å². The topological polar surface area (TPSA) is 69.2 Å². The van der Waals surface area contributed by atoms with Gasteiger partial charge in [0.15, 0.2) is 11.5 Å². The standard InChI is InChI=1S/C17H17FN2O4/c1-22-14-9-8-11(15(23-2)16(14)24-3)10-19-20-17(21)12-6-4-5-7-13(12)18/h4-10H,1-3H3,(H,20,21). The molecule has 2 rings (SSSR count). The van der Waals surface area contributed by atoms with Gasteiger partial charge in [0.05, 0.1) is 33.1 Å². The molecule has 0 aliphatic rings. The van der Waals surface area contributed by atoms with Gasteiger partial charge in [-0.15, -0.1) is 0 Å². The molecule has 0 saturated carbocycles. The van der Waals surface area contributed by atoms with Gasteiger partial charge in [-0.1, -0.05) is 12.1 Å². The predicted molar refractivity (Wildman–Crippen MR) is 87.6 cm³/mol. The summed E-state index contributed by atoms with van der Waals surface area (Å²) in [5.74, 6) is 0.0460. The summed E-state index contributed by atoms with van der Waals surface area (Å²) in [4.78, 5) is 11.9. The maximum atomic E-state index is 13.5. The fourth-order valence-electron chi connectivity index (χ4n) is 2.09. The zero-order chi connectivity index (χ0) is 17.5. The van der Waals surface area contributed by atoms with E-state index in [0.29, 0.717) is 22.8 Å². The first kappa shape index (κ1) is 17.3. The first-order valence-electron chi connectivity index (χ1n) is 6.99. The van der Waals surface area contributed by atoms with Crippen molar-refractivity contribution in [3.8, 4) is 17.2 Å². The number of nitrogens with one attached hydrogen (secondary N) is 1. The van der Waals surface area contributed by atoms with Crippen molar-refractivity contribution >= 4 is 12.1 Å². The molecule has 6 nitrogen and oxygen atoms in total. The molecule has 0 unspecified atom stereocenters. The van der Waals surface area contributed by atoms with Crippen molar-refractivity contribution in [3.63, 3.8) is 0 Å². The number of ether oxygens (including phenoxy) is 3. The second-order valence-electron chi connectivity index (χ2n) is 4.60. The van der Waals surface area contributed by atoms with Crippen LogP contribution in [0, 0.1) is 5.82 Å². The number of halogens is 1. The minimum atomic E-state index is -0.649. The summed E-state index contributed by atoms with van der Waals surface area (Å²) >= 11 is 0. The molecule has 0 aliphatic heterocycles. The lowest BCUT2D eigenvalue weighted by atomic mass is 10.2. The summed E-state index contributed by atoms with van der Waals surface area (Å²) in [6, 6.07) is 9.02. The largest absolute Gasteiger partial charge is 0.493 e. The van der Waals surface area contributed by atoms with Gasteiger partial charge in [-0.25, -0.2) is 9.82 Å². The lowest BCUT2D eigenvalue weighted by molar-refractivity contribution is 0.0951. The van der Waals surface area contributed by atoms with Crippen molar-refractivity contribution in [1.82, 2.24) is 5.43 Å². The third kappa shape index (κ3) is 3.62. The smallest absolute Gasteiger partial charge is 0.274 e. The van der Waals surface area contributed by atoms with Crippen LogP contribution in [-0.2, 0) is 0 Å². The number of amides is 1. The third-order valence-corrected chi connectivity index (χ3v) is 3.22. The molecule has 0 atom stereocenters. The van der Waals surface area contributed by atoms with Crippen molar-refractivity contribution in [2.24, 2.45) is 5.10 Å². The average molecular weight is 332 g/mol. The molecule has 1 amide bonds. The van der Waals surface area contributed by atoms with Gasteiger partial charge in [0, 0.05) is 5.56 Å². The van der Waals surface area contributed by atoms with Crippen LogP contribution < -0.4 is 19.6 Å². The second-order valence-corrected chi connectivity index (χ2v) is 4.60. The van der Waals surface area contributed by atoms with Gasteiger partial charge in [-0.3, -0.25) is 4.79 Å². The zero-order valence-electron chi connectivity index (χ0n) is 13.5. The molecule has 1 N–H and O–H groups in total. The summed E-state index contributed by atoms with van der Waals surface area (Å²) in [5.41, 5.74) is 2.74. The summed E-state index contributed by atoms with van der Waals surface area (Å²) in [7, 11) is 4.48. The molecule has 0 saturated heterocycles. The lowest BCUT2D eigenvalue weighted by Gasteiger charge is -2.13. The Kier molecular flexibility index (Phi) is 5.73. The Morgan fingerprint density at radius 1 is 1.04 bits per heavy atom. The summed E-state index contributed by atoms with van der Waals surface area (Å²) in [6.07, 6.45) is 1.37. The van der Waals surface area contributed by atoms with E-state index in [0.717, 1.165) is 0 Å². The average Bonchev–Trinajstić information content (AvgIpc) is 2.61. The highest BCUT2D eigenvalue weighted by Crippen LogP contribution is 2.38. The van der Waals surface area contributed by atoms with Gasteiger partial charge < -0.3 is 14.2 Å². The highest BCUT2D eigenvalue weighted by molar-refractivity contribution is 5.95. The molecule has 0 heterocycles. The van der Waals surface area contributed by atoms with Crippen LogP contribution in [0.5, 0.6) is 17.2 Å². The number of rotatable bonds is 6. The van der Waals surface area contributed by atoms with E-state index in [1.54, 1.807) is 18.2 Å². The number of hydrazone groups is 1. The highest BCUT2D eigenvalue weighted by atomic mass is 19.1. The van der Waals surface area contributed by atoms with Crippen molar-refractivity contribution in [3.05, 3.63) is 53.3 Å². The van der Waals surface area contributed by atoms with Gasteiger partial charge in [0.1, 0.15) is 5.82 Å². The SMILES string of the molecule is COc1ccc(C=NNC(=O)c2ccccc2F)c(OC)c1OC. The quantitative estimate of drug-likeness (QED) is 0.652. The first-order chi connectivity index (χ1) is 11.6. The van der Waals surface area contributed by atoms with E-state index in [1.807, 2.05) is 0 Å². The molecule has 0 bridgehead atoms. The minimum Gasteiger partial charge on any atom is -0.493 e. The molecule has 0 aliphatic carbocycles. The Labute approximate surface area is 138 Å². The van der Waals surface area contributed by atoms with E-state index in [9.17, 15) is 9.18 Å². The Morgan fingerprint density at radius 2 is 1.75 bits per heavy atom. The maximum Gasteiger partial charge on any atom is 0.274 e.